The number of hydrogen-bond donors (Lipinski definition) is 1. The normalized spacial score (nSPS) is 16.1. The fraction of sp³-hybridized carbons (Fsp3) is 0.269. The lowest BCUT2D eigenvalue weighted by molar-refractivity contribution is -0.138. The van der Waals surface area contributed by atoms with Crippen molar-refractivity contribution in [3.8, 4) is 11.5 Å². The number of anilines is 2. The Balaban J connectivity index is 1.47. The maximum Gasteiger partial charge on any atom is 0.420 e. The third-order valence-corrected chi connectivity index (χ3v) is 5.90. The third-order valence-electron chi connectivity index (χ3n) is 5.90. The number of halogens is 3. The van der Waals surface area contributed by atoms with Crippen LogP contribution in [0.2, 0.25) is 0 Å². The minimum atomic E-state index is -4.68. The molecule has 3 aromatic rings. The maximum absolute atomic E-state index is 13.7. The smallest absolute Gasteiger partial charge is 0.420 e. The molecule has 3 aromatic carbocycles. The first-order chi connectivity index (χ1) is 16.2. The van der Waals surface area contributed by atoms with Crippen molar-refractivity contribution in [2.45, 2.75) is 18.6 Å². The Bertz CT molecular complexity index is 1130. The summed E-state index contributed by atoms with van der Waals surface area (Å²) in [6.45, 7) is 1.88. The van der Waals surface area contributed by atoms with Crippen LogP contribution in [0.3, 0.4) is 0 Å². The molecule has 0 spiro atoms. The van der Waals surface area contributed by atoms with Crippen LogP contribution in [0, 0.1) is 0 Å². The van der Waals surface area contributed by atoms with E-state index in [0.29, 0.717) is 11.7 Å². The molecule has 5 nitrogen and oxygen atoms in total. The van der Waals surface area contributed by atoms with Crippen LogP contribution in [-0.4, -0.2) is 44.0 Å². The molecule has 0 bridgehead atoms. The lowest BCUT2D eigenvalue weighted by atomic mass is 10.1. The van der Waals surface area contributed by atoms with Gasteiger partial charge >= 0.3 is 6.18 Å². The Kier molecular flexibility index (Phi) is 6.79. The van der Waals surface area contributed by atoms with Gasteiger partial charge in [-0.2, -0.15) is 13.2 Å². The van der Waals surface area contributed by atoms with Crippen LogP contribution >= 0.6 is 0 Å². The summed E-state index contributed by atoms with van der Waals surface area (Å²) >= 11 is 0. The van der Waals surface area contributed by atoms with Crippen molar-refractivity contribution in [3.05, 3.63) is 83.9 Å². The number of carbonyl (C=O) groups excluding carboxylic acids is 1. The highest BCUT2D eigenvalue weighted by atomic mass is 19.4. The molecule has 1 atom stereocenters. The number of alkyl halides is 3. The van der Waals surface area contributed by atoms with Crippen molar-refractivity contribution >= 4 is 17.3 Å². The zero-order valence-corrected chi connectivity index (χ0v) is 19.0. The van der Waals surface area contributed by atoms with Gasteiger partial charge in [-0.05, 0) is 75.1 Å². The van der Waals surface area contributed by atoms with Gasteiger partial charge in [0.25, 0.3) is 5.91 Å². The van der Waals surface area contributed by atoms with Crippen LogP contribution < -0.4 is 15.0 Å². The number of para-hydroxylation sites is 1. The number of nitrogens with one attached hydrogen (secondary N) is 1. The van der Waals surface area contributed by atoms with E-state index in [9.17, 15) is 18.0 Å². The van der Waals surface area contributed by atoms with Gasteiger partial charge in [-0.1, -0.05) is 18.2 Å². The third kappa shape index (κ3) is 5.51. The number of rotatable bonds is 6. The second kappa shape index (κ2) is 9.77. The molecule has 0 aliphatic carbocycles. The molecule has 0 aromatic heterocycles. The van der Waals surface area contributed by atoms with Gasteiger partial charge in [-0.15, -0.1) is 0 Å². The SMILES string of the molecule is CN(C)C1CCN(c2ccc(NC(=O)c3ccc(Oc4ccccc4)c(C(F)(F)F)c3)cc2)C1. The number of benzene rings is 3. The summed E-state index contributed by atoms with van der Waals surface area (Å²) in [5, 5.41) is 2.68. The number of nitrogens with zero attached hydrogens (tertiary/aromatic N) is 2. The molecule has 34 heavy (non-hydrogen) atoms. The van der Waals surface area contributed by atoms with Gasteiger partial charge in [-0.3, -0.25) is 4.79 Å². The average Bonchev–Trinajstić information content (AvgIpc) is 3.30. The van der Waals surface area contributed by atoms with Crippen LogP contribution in [-0.2, 0) is 6.18 Å². The monoisotopic (exact) mass is 469 g/mol. The first kappa shape index (κ1) is 23.6. The fourth-order valence-electron chi connectivity index (χ4n) is 3.95. The minimum absolute atomic E-state index is 0.106. The summed E-state index contributed by atoms with van der Waals surface area (Å²) in [4.78, 5) is 17.2. The summed E-state index contributed by atoms with van der Waals surface area (Å²) < 4.78 is 46.4. The van der Waals surface area contributed by atoms with Crippen LogP contribution in [0.25, 0.3) is 0 Å². The van der Waals surface area contributed by atoms with Crippen molar-refractivity contribution in [2.75, 3.05) is 37.4 Å². The molecule has 1 aliphatic rings. The zero-order chi connectivity index (χ0) is 24.3. The fourth-order valence-corrected chi connectivity index (χ4v) is 3.95. The first-order valence-corrected chi connectivity index (χ1v) is 11.0. The lowest BCUT2D eigenvalue weighted by Gasteiger charge is -2.22. The summed E-state index contributed by atoms with van der Waals surface area (Å²) in [5.41, 5.74) is 0.438. The molecule has 1 aliphatic heterocycles. The quantitative estimate of drug-likeness (QED) is 0.489. The first-order valence-electron chi connectivity index (χ1n) is 11.0. The van der Waals surface area contributed by atoms with Crippen molar-refractivity contribution in [2.24, 2.45) is 0 Å². The molecule has 4 rings (SSSR count). The van der Waals surface area contributed by atoms with Gasteiger partial charge < -0.3 is 19.9 Å². The largest absolute Gasteiger partial charge is 0.457 e. The molecule has 1 N–H and O–H groups in total. The summed E-state index contributed by atoms with van der Waals surface area (Å²) in [6.07, 6.45) is -3.60. The van der Waals surface area contributed by atoms with Crippen molar-refractivity contribution < 1.29 is 22.7 Å². The number of amides is 1. The Morgan fingerprint density at radius 3 is 2.35 bits per heavy atom. The Morgan fingerprint density at radius 1 is 1.03 bits per heavy atom. The van der Waals surface area contributed by atoms with E-state index in [1.165, 1.54) is 12.1 Å². The van der Waals surface area contributed by atoms with E-state index < -0.39 is 17.6 Å². The zero-order valence-electron chi connectivity index (χ0n) is 19.0. The Hall–Kier alpha value is -3.52. The molecule has 1 heterocycles. The summed E-state index contributed by atoms with van der Waals surface area (Å²) in [5.74, 6) is -0.709. The van der Waals surface area contributed by atoms with E-state index >= 15 is 0 Å². The highest BCUT2D eigenvalue weighted by Gasteiger charge is 2.35. The second-order valence-electron chi connectivity index (χ2n) is 8.48. The number of hydrogen-bond acceptors (Lipinski definition) is 4. The van der Waals surface area contributed by atoms with E-state index in [-0.39, 0.29) is 17.1 Å². The van der Waals surface area contributed by atoms with Gasteiger partial charge in [0.2, 0.25) is 0 Å². The second-order valence-corrected chi connectivity index (χ2v) is 8.48. The van der Waals surface area contributed by atoms with E-state index in [0.717, 1.165) is 31.3 Å². The van der Waals surface area contributed by atoms with Crippen LogP contribution in [0.5, 0.6) is 11.5 Å². The van der Waals surface area contributed by atoms with E-state index in [2.05, 4.69) is 29.2 Å². The van der Waals surface area contributed by atoms with Crippen molar-refractivity contribution in [1.29, 1.82) is 0 Å². The molecule has 0 saturated carbocycles. The predicted octanol–water partition coefficient (Wildman–Crippen LogP) is 5.89. The number of likely N-dealkylation sites (N-methyl/N-ethyl adjacent to an activating group) is 1. The average molecular weight is 470 g/mol. The lowest BCUT2D eigenvalue weighted by Crippen LogP contribution is -2.31. The molecule has 1 saturated heterocycles. The number of ether oxygens (including phenoxy) is 1. The van der Waals surface area contributed by atoms with Crippen LogP contribution in [0.1, 0.15) is 22.3 Å². The van der Waals surface area contributed by atoms with Gasteiger partial charge in [0.15, 0.2) is 0 Å². The van der Waals surface area contributed by atoms with Gasteiger partial charge in [0, 0.05) is 36.1 Å². The Morgan fingerprint density at radius 2 is 1.74 bits per heavy atom. The van der Waals surface area contributed by atoms with Gasteiger partial charge in [0.05, 0.1) is 5.56 Å². The standard InChI is InChI=1S/C26H26F3N3O2/c1-31(2)21-14-15-32(17-21)20-11-9-19(10-12-20)30-25(33)18-8-13-24(23(16-18)26(27,28)29)34-22-6-4-3-5-7-22/h3-13,16,21H,14-15,17H2,1-2H3,(H,30,33). The maximum atomic E-state index is 13.7. The van der Waals surface area contributed by atoms with Crippen LogP contribution in [0.4, 0.5) is 24.5 Å². The van der Waals surface area contributed by atoms with E-state index in [4.69, 9.17) is 4.74 Å². The van der Waals surface area contributed by atoms with E-state index in [1.54, 1.807) is 42.5 Å². The van der Waals surface area contributed by atoms with Gasteiger partial charge in [-0.25, -0.2) is 0 Å². The topological polar surface area (TPSA) is 44.8 Å². The molecule has 1 fully saturated rings. The van der Waals surface area contributed by atoms with Crippen LogP contribution in [0.15, 0.2) is 72.8 Å². The molecule has 1 amide bonds. The van der Waals surface area contributed by atoms with Crippen molar-refractivity contribution in [3.63, 3.8) is 0 Å². The van der Waals surface area contributed by atoms with E-state index in [1.807, 2.05) is 12.1 Å². The highest BCUT2D eigenvalue weighted by molar-refractivity contribution is 6.04. The summed E-state index contributed by atoms with van der Waals surface area (Å²) in [6, 6.07) is 19.3. The molecule has 0 radical (unpaired) electrons. The summed E-state index contributed by atoms with van der Waals surface area (Å²) in [7, 11) is 4.13. The predicted molar refractivity (Wildman–Crippen MR) is 127 cm³/mol. The van der Waals surface area contributed by atoms with Gasteiger partial charge in [0.1, 0.15) is 11.5 Å². The number of carbonyl (C=O) groups is 1. The molecular weight excluding hydrogens is 443 g/mol. The van der Waals surface area contributed by atoms with Crippen molar-refractivity contribution in [1.82, 2.24) is 4.90 Å². The Labute approximate surface area is 196 Å². The molecular formula is C26H26F3N3O2. The molecule has 1 unspecified atom stereocenters. The highest BCUT2D eigenvalue weighted by Crippen LogP contribution is 2.39. The molecule has 8 heteroatoms. The molecule has 178 valence electrons. The minimum Gasteiger partial charge on any atom is -0.457 e.